The van der Waals surface area contributed by atoms with Gasteiger partial charge in [-0.2, -0.15) is 0 Å². The number of halogens is 1. The topological polar surface area (TPSA) is 70.3 Å². The fourth-order valence-corrected chi connectivity index (χ4v) is 2.56. The molecule has 2 aromatic rings. The molecule has 0 aliphatic carbocycles. The molecule has 0 amide bonds. The Morgan fingerprint density at radius 1 is 1.38 bits per heavy atom. The molecule has 3 rings (SSSR count). The van der Waals surface area contributed by atoms with Gasteiger partial charge in [0.05, 0.1) is 12.2 Å². The van der Waals surface area contributed by atoms with Crippen molar-refractivity contribution in [2.24, 2.45) is 16.6 Å². The molecule has 21 heavy (non-hydrogen) atoms. The average molecular weight is 399 g/mol. The Kier molecular flexibility index (Phi) is 5.44. The number of guanidine groups is 1. The summed E-state index contributed by atoms with van der Waals surface area (Å²) in [6.45, 7) is 4.85. The molecular weight excluding hydrogens is 377 g/mol. The number of aromatic amines is 1. The van der Waals surface area contributed by atoms with Gasteiger partial charge in [-0.05, 0) is 37.0 Å². The highest BCUT2D eigenvalue weighted by molar-refractivity contribution is 14.0. The minimum atomic E-state index is 0. The van der Waals surface area contributed by atoms with Crippen LogP contribution in [0.5, 0.6) is 0 Å². The molecule has 2 aromatic heterocycles. The Bertz CT molecular complexity index is 613. The minimum absolute atomic E-state index is 0. The van der Waals surface area contributed by atoms with Crippen molar-refractivity contribution in [1.29, 1.82) is 0 Å². The van der Waals surface area contributed by atoms with Crippen molar-refractivity contribution >= 4 is 41.0 Å². The van der Waals surface area contributed by atoms with Crippen LogP contribution in [0.15, 0.2) is 29.4 Å². The van der Waals surface area contributed by atoms with Crippen LogP contribution in [0.25, 0.3) is 11.0 Å². The second-order valence-corrected chi connectivity index (χ2v) is 5.56. The summed E-state index contributed by atoms with van der Waals surface area (Å²) in [7, 11) is 0. The predicted octanol–water partition coefficient (Wildman–Crippen LogP) is 2.73. The molecule has 0 atom stereocenters. The molecule has 0 bridgehead atoms. The first-order valence-electron chi connectivity index (χ1n) is 7.20. The molecule has 0 radical (unpaired) electrons. The monoisotopic (exact) mass is 399 g/mol. The number of hydrogen-bond donors (Lipinski definition) is 2. The molecule has 1 fully saturated rings. The van der Waals surface area contributed by atoms with Gasteiger partial charge in [0.2, 0.25) is 0 Å². The number of piperidine rings is 1. The van der Waals surface area contributed by atoms with Crippen LogP contribution >= 0.6 is 24.0 Å². The van der Waals surface area contributed by atoms with E-state index in [-0.39, 0.29) is 24.0 Å². The van der Waals surface area contributed by atoms with Crippen molar-refractivity contribution in [2.45, 2.75) is 26.3 Å². The van der Waals surface area contributed by atoms with Crippen molar-refractivity contribution in [3.63, 3.8) is 0 Å². The summed E-state index contributed by atoms with van der Waals surface area (Å²) < 4.78 is 0. The van der Waals surface area contributed by atoms with Gasteiger partial charge in [0.25, 0.3) is 0 Å². The molecule has 1 saturated heterocycles. The maximum Gasteiger partial charge on any atom is 0.191 e. The van der Waals surface area contributed by atoms with E-state index in [1.807, 2.05) is 18.3 Å². The molecule has 0 aromatic carbocycles. The number of nitrogens with two attached hydrogens (primary N) is 1. The number of fused-ring (bicyclic) bond motifs is 1. The first kappa shape index (κ1) is 16.1. The Hall–Kier alpha value is -1.31. The number of pyridine rings is 1. The summed E-state index contributed by atoms with van der Waals surface area (Å²) in [5.41, 5.74) is 7.92. The number of H-pyrrole nitrogens is 1. The fraction of sp³-hybridized carbons (Fsp3) is 0.467. The highest BCUT2D eigenvalue weighted by Gasteiger charge is 2.16. The lowest BCUT2D eigenvalue weighted by Gasteiger charge is -2.30. The molecule has 0 saturated carbocycles. The van der Waals surface area contributed by atoms with Crippen LogP contribution in [0.1, 0.15) is 25.5 Å². The van der Waals surface area contributed by atoms with Gasteiger partial charge in [0.1, 0.15) is 5.65 Å². The maximum atomic E-state index is 6.07. The van der Waals surface area contributed by atoms with Crippen molar-refractivity contribution < 1.29 is 0 Å². The molecule has 1 aliphatic rings. The van der Waals surface area contributed by atoms with Crippen LogP contribution in [0.3, 0.4) is 0 Å². The highest BCUT2D eigenvalue weighted by atomic mass is 127. The smallest absolute Gasteiger partial charge is 0.191 e. The summed E-state index contributed by atoms with van der Waals surface area (Å²) >= 11 is 0. The molecule has 3 heterocycles. The first-order chi connectivity index (χ1) is 9.72. The van der Waals surface area contributed by atoms with Crippen LogP contribution < -0.4 is 5.73 Å². The van der Waals surface area contributed by atoms with Crippen LogP contribution in [0, 0.1) is 5.92 Å². The fourth-order valence-electron chi connectivity index (χ4n) is 2.56. The quantitative estimate of drug-likeness (QED) is 0.464. The summed E-state index contributed by atoms with van der Waals surface area (Å²) in [5, 5.41) is 1.12. The first-order valence-corrected chi connectivity index (χ1v) is 7.20. The molecular formula is C15H22IN5. The second kappa shape index (κ2) is 7.11. The lowest BCUT2D eigenvalue weighted by molar-refractivity contribution is 0.277. The Morgan fingerprint density at radius 3 is 2.90 bits per heavy atom. The lowest BCUT2D eigenvalue weighted by Crippen LogP contribution is -2.42. The SMILES string of the molecule is CC1CCN(C(N)=NCc2ccc3cc[nH]c3n2)CC1.I. The Morgan fingerprint density at radius 2 is 2.14 bits per heavy atom. The van der Waals surface area contributed by atoms with Crippen LogP contribution in [0.4, 0.5) is 0 Å². The molecule has 3 N–H and O–H groups in total. The zero-order chi connectivity index (χ0) is 13.9. The van der Waals surface area contributed by atoms with Crippen LogP contribution in [0.2, 0.25) is 0 Å². The van der Waals surface area contributed by atoms with Gasteiger partial charge in [-0.1, -0.05) is 6.92 Å². The number of likely N-dealkylation sites (tertiary alicyclic amines) is 1. The highest BCUT2D eigenvalue weighted by Crippen LogP contribution is 2.16. The van der Waals surface area contributed by atoms with Gasteiger partial charge in [-0.3, -0.25) is 0 Å². The van der Waals surface area contributed by atoms with Crippen LogP contribution in [-0.4, -0.2) is 33.9 Å². The van der Waals surface area contributed by atoms with Gasteiger partial charge >= 0.3 is 0 Å². The third-order valence-electron chi connectivity index (χ3n) is 3.98. The summed E-state index contributed by atoms with van der Waals surface area (Å²) in [5.74, 6) is 1.45. The molecule has 114 valence electrons. The van der Waals surface area contributed by atoms with Gasteiger partial charge in [-0.25, -0.2) is 9.98 Å². The van der Waals surface area contributed by atoms with Crippen molar-refractivity contribution in [1.82, 2.24) is 14.9 Å². The van der Waals surface area contributed by atoms with E-state index in [4.69, 9.17) is 5.73 Å². The minimum Gasteiger partial charge on any atom is -0.370 e. The van der Waals surface area contributed by atoms with Gasteiger partial charge < -0.3 is 15.6 Å². The normalized spacial score (nSPS) is 17.0. The van der Waals surface area contributed by atoms with E-state index in [1.165, 1.54) is 12.8 Å². The van der Waals surface area contributed by atoms with E-state index in [0.29, 0.717) is 12.5 Å². The number of aliphatic imine (C=N–C) groups is 1. The molecule has 6 heteroatoms. The van der Waals surface area contributed by atoms with Crippen molar-refractivity contribution in [3.05, 3.63) is 30.1 Å². The standard InChI is InChI=1S/C15H21N5.HI/c1-11-5-8-20(9-6-11)15(16)18-10-13-3-2-12-4-7-17-14(12)19-13;/h2-4,7,11H,5-6,8-10H2,1H3,(H2,16,18)(H,17,19);1H. The third kappa shape index (κ3) is 3.87. The summed E-state index contributed by atoms with van der Waals surface area (Å²) in [6, 6.07) is 6.08. The number of hydrogen-bond acceptors (Lipinski definition) is 2. The maximum absolute atomic E-state index is 6.07. The average Bonchev–Trinajstić information content (AvgIpc) is 2.93. The number of rotatable bonds is 2. The van der Waals surface area contributed by atoms with Crippen molar-refractivity contribution in [2.75, 3.05) is 13.1 Å². The van der Waals surface area contributed by atoms with E-state index in [0.717, 1.165) is 35.7 Å². The number of nitrogens with one attached hydrogen (secondary N) is 1. The molecule has 1 aliphatic heterocycles. The molecule has 0 unspecified atom stereocenters. The van der Waals surface area contributed by atoms with E-state index >= 15 is 0 Å². The summed E-state index contributed by atoms with van der Waals surface area (Å²) in [4.78, 5) is 14.3. The van der Waals surface area contributed by atoms with Gasteiger partial charge in [0.15, 0.2) is 5.96 Å². The van der Waals surface area contributed by atoms with E-state index < -0.39 is 0 Å². The van der Waals surface area contributed by atoms with Crippen molar-refractivity contribution in [3.8, 4) is 0 Å². The molecule has 0 spiro atoms. The second-order valence-electron chi connectivity index (χ2n) is 5.56. The number of nitrogens with zero attached hydrogens (tertiary/aromatic N) is 3. The Labute approximate surface area is 142 Å². The zero-order valence-corrected chi connectivity index (χ0v) is 14.6. The largest absolute Gasteiger partial charge is 0.370 e. The van der Waals surface area contributed by atoms with E-state index in [2.05, 4.69) is 32.9 Å². The van der Waals surface area contributed by atoms with E-state index in [9.17, 15) is 0 Å². The predicted molar refractivity (Wildman–Crippen MR) is 96.8 cm³/mol. The summed E-state index contributed by atoms with van der Waals surface area (Å²) in [6.07, 6.45) is 4.29. The number of aromatic nitrogens is 2. The third-order valence-corrected chi connectivity index (χ3v) is 3.98. The lowest BCUT2D eigenvalue weighted by atomic mass is 10.00. The Balaban J connectivity index is 0.00000161. The van der Waals surface area contributed by atoms with Gasteiger partial charge in [0, 0.05) is 24.7 Å². The van der Waals surface area contributed by atoms with Gasteiger partial charge in [-0.15, -0.1) is 24.0 Å². The molecule has 5 nitrogen and oxygen atoms in total. The van der Waals surface area contributed by atoms with E-state index in [1.54, 1.807) is 0 Å². The zero-order valence-electron chi connectivity index (χ0n) is 12.2. The van der Waals surface area contributed by atoms with Crippen LogP contribution in [-0.2, 0) is 6.54 Å².